The summed E-state index contributed by atoms with van der Waals surface area (Å²) < 4.78 is 5.04. The molecule has 0 atom stereocenters. The van der Waals surface area contributed by atoms with Gasteiger partial charge in [-0.15, -0.1) is 0 Å². The highest BCUT2D eigenvalue weighted by atomic mass is 35.5. The molecule has 0 fully saturated rings. The van der Waals surface area contributed by atoms with Crippen LogP contribution in [0.4, 0.5) is 5.69 Å². The molecular formula is C17H17ClN2O3. The van der Waals surface area contributed by atoms with E-state index in [0.717, 1.165) is 5.56 Å². The lowest BCUT2D eigenvalue weighted by Gasteiger charge is -2.09. The Morgan fingerprint density at radius 3 is 2.57 bits per heavy atom. The molecule has 0 saturated carbocycles. The van der Waals surface area contributed by atoms with E-state index in [-0.39, 0.29) is 18.4 Å². The summed E-state index contributed by atoms with van der Waals surface area (Å²) in [5.74, 6) is -0.100. The number of carbonyl (C=O) groups is 2. The predicted octanol–water partition coefficient (Wildman–Crippen LogP) is 3.03. The number of amides is 2. The number of nitrogens with one attached hydrogen (secondary N) is 2. The smallest absolute Gasteiger partial charge is 0.251 e. The van der Waals surface area contributed by atoms with E-state index in [9.17, 15) is 9.59 Å². The predicted molar refractivity (Wildman–Crippen MR) is 90.1 cm³/mol. The first-order chi connectivity index (χ1) is 11.0. The maximum absolute atomic E-state index is 12.0. The third-order valence-corrected chi connectivity index (χ3v) is 3.53. The number of benzene rings is 2. The Morgan fingerprint density at radius 2 is 1.91 bits per heavy atom. The second-order valence-electron chi connectivity index (χ2n) is 4.90. The van der Waals surface area contributed by atoms with Crippen molar-refractivity contribution in [1.82, 2.24) is 5.32 Å². The molecule has 6 heteroatoms. The zero-order valence-corrected chi connectivity index (χ0v) is 13.6. The Hall–Kier alpha value is -2.53. The second-order valence-corrected chi connectivity index (χ2v) is 5.30. The monoisotopic (exact) mass is 332 g/mol. The van der Waals surface area contributed by atoms with E-state index >= 15 is 0 Å². The molecule has 0 unspecified atom stereocenters. The first-order valence-electron chi connectivity index (χ1n) is 6.98. The quantitative estimate of drug-likeness (QED) is 0.884. The van der Waals surface area contributed by atoms with Gasteiger partial charge in [0.25, 0.3) is 5.91 Å². The summed E-state index contributed by atoms with van der Waals surface area (Å²) in [5, 5.41) is 5.65. The van der Waals surface area contributed by atoms with E-state index in [1.807, 2.05) is 19.1 Å². The van der Waals surface area contributed by atoms with Gasteiger partial charge in [-0.3, -0.25) is 9.59 Å². The van der Waals surface area contributed by atoms with Gasteiger partial charge in [0.1, 0.15) is 5.75 Å². The van der Waals surface area contributed by atoms with Gasteiger partial charge in [0.15, 0.2) is 0 Å². The fraction of sp³-hybridized carbons (Fsp3) is 0.176. The molecular weight excluding hydrogens is 316 g/mol. The van der Waals surface area contributed by atoms with Gasteiger partial charge in [0.2, 0.25) is 5.91 Å². The van der Waals surface area contributed by atoms with E-state index in [2.05, 4.69) is 10.6 Å². The number of halogens is 1. The first-order valence-corrected chi connectivity index (χ1v) is 7.36. The largest absolute Gasteiger partial charge is 0.495 e. The van der Waals surface area contributed by atoms with Crippen molar-refractivity contribution < 1.29 is 14.3 Å². The summed E-state index contributed by atoms with van der Waals surface area (Å²) in [4.78, 5) is 23.9. The molecule has 120 valence electrons. The van der Waals surface area contributed by atoms with Crippen LogP contribution >= 0.6 is 11.6 Å². The molecule has 2 aromatic carbocycles. The minimum absolute atomic E-state index is 0.128. The molecule has 2 amide bonds. The van der Waals surface area contributed by atoms with Crippen molar-refractivity contribution in [3.05, 3.63) is 58.6 Å². The summed E-state index contributed by atoms with van der Waals surface area (Å²) in [6.07, 6.45) is 0. The Bertz CT molecular complexity index is 732. The molecule has 0 aliphatic carbocycles. The number of carbonyl (C=O) groups excluding carboxylic acids is 2. The van der Waals surface area contributed by atoms with Gasteiger partial charge in [-0.25, -0.2) is 0 Å². The number of rotatable bonds is 5. The number of aryl methyl sites for hydroxylation is 1. The highest BCUT2D eigenvalue weighted by Gasteiger charge is 2.10. The fourth-order valence-electron chi connectivity index (χ4n) is 2.03. The summed E-state index contributed by atoms with van der Waals surface area (Å²) in [6.45, 7) is 1.71. The van der Waals surface area contributed by atoms with Gasteiger partial charge in [0.05, 0.1) is 18.7 Å². The Labute approximate surface area is 139 Å². The summed E-state index contributed by atoms with van der Waals surface area (Å²) in [6, 6.07) is 12.1. The van der Waals surface area contributed by atoms with E-state index in [1.54, 1.807) is 30.3 Å². The van der Waals surface area contributed by atoms with Crippen LogP contribution in [-0.2, 0) is 4.79 Å². The topological polar surface area (TPSA) is 67.4 Å². The van der Waals surface area contributed by atoms with Crippen molar-refractivity contribution in [3.8, 4) is 5.75 Å². The van der Waals surface area contributed by atoms with Crippen LogP contribution < -0.4 is 15.4 Å². The Balaban J connectivity index is 1.91. The van der Waals surface area contributed by atoms with Crippen molar-refractivity contribution in [2.75, 3.05) is 19.0 Å². The molecule has 0 saturated heterocycles. The summed E-state index contributed by atoms with van der Waals surface area (Å²) in [7, 11) is 1.51. The molecule has 0 heterocycles. The van der Waals surface area contributed by atoms with Gasteiger partial charge in [-0.1, -0.05) is 29.8 Å². The number of ether oxygens (including phenoxy) is 1. The molecule has 0 aliphatic heterocycles. The molecule has 0 aliphatic rings. The highest BCUT2D eigenvalue weighted by molar-refractivity contribution is 6.32. The number of hydrogen-bond acceptors (Lipinski definition) is 3. The molecule has 2 N–H and O–H groups in total. The molecule has 0 bridgehead atoms. The molecule has 0 aromatic heterocycles. The van der Waals surface area contributed by atoms with E-state index in [1.165, 1.54) is 7.11 Å². The van der Waals surface area contributed by atoms with E-state index < -0.39 is 0 Å². The Kier molecular flexibility index (Phi) is 5.60. The maximum Gasteiger partial charge on any atom is 0.251 e. The lowest BCUT2D eigenvalue weighted by Crippen LogP contribution is -2.33. The average Bonchev–Trinajstić information content (AvgIpc) is 2.53. The van der Waals surface area contributed by atoms with Crippen molar-refractivity contribution in [2.45, 2.75) is 6.92 Å². The zero-order chi connectivity index (χ0) is 16.8. The first kappa shape index (κ1) is 16.8. The lowest BCUT2D eigenvalue weighted by molar-refractivity contribution is -0.115. The van der Waals surface area contributed by atoms with Crippen molar-refractivity contribution >= 4 is 29.1 Å². The number of anilines is 1. The van der Waals surface area contributed by atoms with E-state index in [4.69, 9.17) is 16.3 Å². The average molecular weight is 333 g/mol. The van der Waals surface area contributed by atoms with Crippen molar-refractivity contribution in [2.24, 2.45) is 0 Å². The standard InChI is InChI=1S/C17H17ClN2O3/c1-11-5-3-4-6-13(11)17(22)19-10-16(21)20-12-7-8-15(23-2)14(18)9-12/h3-9H,10H2,1-2H3,(H,19,22)(H,20,21). The van der Waals surface area contributed by atoms with Gasteiger partial charge in [-0.05, 0) is 36.8 Å². The van der Waals surface area contributed by atoms with Crippen LogP contribution in [0, 0.1) is 6.92 Å². The Morgan fingerprint density at radius 1 is 1.17 bits per heavy atom. The van der Waals surface area contributed by atoms with Crippen LogP contribution in [0.2, 0.25) is 5.02 Å². The normalized spacial score (nSPS) is 10.0. The third kappa shape index (κ3) is 4.47. The molecule has 2 aromatic rings. The third-order valence-electron chi connectivity index (χ3n) is 3.23. The molecule has 0 radical (unpaired) electrons. The van der Waals surface area contributed by atoms with Gasteiger partial charge >= 0.3 is 0 Å². The summed E-state index contributed by atoms with van der Waals surface area (Å²) >= 11 is 5.99. The minimum Gasteiger partial charge on any atom is -0.495 e. The van der Waals surface area contributed by atoms with Gasteiger partial charge in [-0.2, -0.15) is 0 Å². The molecule has 0 spiro atoms. The molecule has 2 rings (SSSR count). The van der Waals surface area contributed by atoms with Crippen LogP contribution in [-0.4, -0.2) is 25.5 Å². The molecule has 23 heavy (non-hydrogen) atoms. The fourth-order valence-corrected chi connectivity index (χ4v) is 2.29. The number of methoxy groups -OCH3 is 1. The van der Waals surface area contributed by atoms with Gasteiger partial charge in [0, 0.05) is 11.3 Å². The van der Waals surface area contributed by atoms with Crippen LogP contribution in [0.5, 0.6) is 5.75 Å². The summed E-state index contributed by atoms with van der Waals surface area (Å²) in [5.41, 5.74) is 1.94. The van der Waals surface area contributed by atoms with Crippen LogP contribution in [0.3, 0.4) is 0 Å². The zero-order valence-electron chi connectivity index (χ0n) is 12.9. The second kappa shape index (κ2) is 7.65. The van der Waals surface area contributed by atoms with Crippen LogP contribution in [0.1, 0.15) is 15.9 Å². The van der Waals surface area contributed by atoms with Gasteiger partial charge < -0.3 is 15.4 Å². The maximum atomic E-state index is 12.0. The van der Waals surface area contributed by atoms with E-state index in [0.29, 0.717) is 22.0 Å². The molecule has 5 nitrogen and oxygen atoms in total. The number of hydrogen-bond donors (Lipinski definition) is 2. The van der Waals surface area contributed by atoms with Crippen LogP contribution in [0.25, 0.3) is 0 Å². The lowest BCUT2D eigenvalue weighted by atomic mass is 10.1. The SMILES string of the molecule is COc1ccc(NC(=O)CNC(=O)c2ccccc2C)cc1Cl. The van der Waals surface area contributed by atoms with Crippen LogP contribution in [0.15, 0.2) is 42.5 Å². The highest BCUT2D eigenvalue weighted by Crippen LogP contribution is 2.27. The van der Waals surface area contributed by atoms with Crippen molar-refractivity contribution in [1.29, 1.82) is 0 Å². The van der Waals surface area contributed by atoms with Crippen molar-refractivity contribution in [3.63, 3.8) is 0 Å². The minimum atomic E-state index is -0.340.